The van der Waals surface area contributed by atoms with E-state index in [2.05, 4.69) is 33.6 Å². The number of thiol groups is 1. The van der Waals surface area contributed by atoms with Crippen molar-refractivity contribution in [3.63, 3.8) is 0 Å². The average Bonchev–Trinajstić information content (AvgIpc) is 3.63. The Hall–Kier alpha value is -7.28. The van der Waals surface area contributed by atoms with Gasteiger partial charge in [-0.05, 0) is 66.9 Å². The molecule has 3 amide bonds. The van der Waals surface area contributed by atoms with Crippen LogP contribution in [0.3, 0.4) is 0 Å². The van der Waals surface area contributed by atoms with Crippen molar-refractivity contribution in [3.05, 3.63) is 82.4 Å². The number of ketones is 4. The van der Waals surface area contributed by atoms with Crippen molar-refractivity contribution in [2.24, 2.45) is 28.3 Å². The SMILES string of the molecule is CC(=O)[C@H](CO)CC(=O)[C@H](CS)NC(=O)[C@H](CO)CC(=O)[C@H](CC(=O)O)NC(=O)CCC(=O)[C@H](CCCN=C(N)N)NC(=O)CCC(=S)Cc1ccc2c(c1)C(=O)OC21c2ccc(O)cc2Oc2cc(O)ccc21. The third-order valence-electron chi connectivity index (χ3n) is 12.4. The molecule has 5 atom stereocenters. The molecule has 0 bridgehead atoms. The minimum atomic E-state index is -1.70. The molecular weight excluding hydrogens is 1000 g/mol. The third kappa shape index (κ3) is 14.7. The number of nitrogens with one attached hydrogen (secondary N) is 3. The highest BCUT2D eigenvalue weighted by molar-refractivity contribution is 7.80. The Bertz CT molecular complexity index is 2680. The highest BCUT2D eigenvalue weighted by Crippen LogP contribution is 2.57. The van der Waals surface area contributed by atoms with Gasteiger partial charge >= 0.3 is 11.9 Å². The number of hydrogen-bond acceptors (Lipinski definition) is 18. The number of ether oxygens (including phenoxy) is 2. The van der Waals surface area contributed by atoms with Gasteiger partial charge in [0.05, 0.1) is 49.2 Å². The number of aliphatic hydroxyl groups excluding tert-OH is 2. The Kier molecular flexibility index (Phi) is 20.3. The smallest absolute Gasteiger partial charge is 0.340 e. The van der Waals surface area contributed by atoms with Crippen molar-refractivity contribution in [3.8, 4) is 23.0 Å². The number of amides is 3. The van der Waals surface area contributed by atoms with E-state index < -0.39 is 134 Å². The van der Waals surface area contributed by atoms with Gasteiger partial charge in [-0.3, -0.25) is 43.3 Å². The van der Waals surface area contributed by atoms with Gasteiger partial charge in [-0.15, -0.1) is 0 Å². The first-order valence-electron chi connectivity index (χ1n) is 23.4. The van der Waals surface area contributed by atoms with Crippen LogP contribution in [0.25, 0.3) is 0 Å². The van der Waals surface area contributed by atoms with Gasteiger partial charge in [-0.1, -0.05) is 24.4 Å². The molecule has 0 radical (unpaired) electrons. The number of phenolic OH excluding ortho intramolecular Hbond substituents is 2. The maximum atomic E-state index is 13.6. The number of aliphatic carboxylic acids is 1. The number of rotatable bonds is 29. The van der Waals surface area contributed by atoms with E-state index in [1.807, 2.05) is 0 Å². The van der Waals surface area contributed by atoms with Gasteiger partial charge in [0.2, 0.25) is 17.7 Å². The van der Waals surface area contributed by atoms with E-state index in [4.69, 9.17) is 33.2 Å². The lowest BCUT2D eigenvalue weighted by Gasteiger charge is -2.36. The summed E-state index contributed by atoms with van der Waals surface area (Å²) in [4.78, 5) is 120. The molecule has 0 saturated carbocycles. The first kappa shape index (κ1) is 57.6. The predicted molar refractivity (Wildman–Crippen MR) is 271 cm³/mol. The van der Waals surface area contributed by atoms with Crippen molar-refractivity contribution in [1.82, 2.24) is 16.0 Å². The Morgan fingerprint density at radius 3 is 1.86 bits per heavy atom. The lowest BCUT2D eigenvalue weighted by Crippen LogP contribution is -2.48. The van der Waals surface area contributed by atoms with Crippen molar-refractivity contribution in [1.29, 1.82) is 0 Å². The van der Waals surface area contributed by atoms with Crippen molar-refractivity contribution in [2.75, 3.05) is 25.5 Å². The monoisotopic (exact) mass is 1060 g/mol. The van der Waals surface area contributed by atoms with Crippen molar-refractivity contribution >= 4 is 88.5 Å². The fraction of sp³-hybridized carbons (Fsp3) is 0.420. The van der Waals surface area contributed by atoms with Gasteiger partial charge in [0.1, 0.15) is 28.8 Å². The zero-order valence-electron chi connectivity index (χ0n) is 40.2. The number of benzene rings is 3. The number of carbonyl (C=O) groups excluding carboxylic acids is 8. The molecule has 0 aliphatic carbocycles. The number of aliphatic imine (C=N–C) groups is 1. The summed E-state index contributed by atoms with van der Waals surface area (Å²) in [7, 11) is 0. The van der Waals surface area contributed by atoms with Crippen LogP contribution in [0.1, 0.15) is 97.3 Å². The number of hydrogen-bond donors (Lipinski definition) is 11. The summed E-state index contributed by atoms with van der Waals surface area (Å²) >= 11 is 9.70. The number of aliphatic hydroxyl groups is 2. The van der Waals surface area contributed by atoms with E-state index in [1.54, 1.807) is 30.3 Å². The van der Waals surface area contributed by atoms with Gasteiger partial charge in [0.15, 0.2) is 28.9 Å². The Balaban J connectivity index is 1.18. The second kappa shape index (κ2) is 26.1. The summed E-state index contributed by atoms with van der Waals surface area (Å²) < 4.78 is 12.1. The lowest BCUT2D eigenvalue weighted by atomic mass is 9.77. The lowest BCUT2D eigenvalue weighted by molar-refractivity contribution is -0.141. The zero-order chi connectivity index (χ0) is 54.4. The molecule has 2 aliphatic rings. The van der Waals surface area contributed by atoms with E-state index in [0.717, 1.165) is 0 Å². The van der Waals surface area contributed by atoms with Gasteiger partial charge < -0.3 is 62.4 Å². The number of nitrogens with zero attached hydrogens (tertiary/aromatic N) is 1. The van der Waals surface area contributed by atoms with Crippen LogP contribution in [0.4, 0.5) is 0 Å². The molecule has 3 aromatic rings. The number of esters is 1. The van der Waals surface area contributed by atoms with E-state index in [0.29, 0.717) is 27.1 Å². The van der Waals surface area contributed by atoms with Gasteiger partial charge in [0.25, 0.3) is 0 Å². The molecule has 0 saturated heterocycles. The van der Waals surface area contributed by atoms with E-state index in [1.165, 1.54) is 31.2 Å². The normalized spacial score (nSPS) is 14.7. The Labute approximate surface area is 435 Å². The number of phenols is 2. The van der Waals surface area contributed by atoms with Crippen LogP contribution in [0, 0.1) is 11.8 Å². The first-order chi connectivity index (χ1) is 35.1. The number of Topliss-reactive ketones (excluding diaryl/α,β-unsaturated/α-hetero) is 4. The summed E-state index contributed by atoms with van der Waals surface area (Å²) in [6.45, 7) is -0.240. The number of aromatic hydroxyl groups is 2. The van der Waals surface area contributed by atoms with Gasteiger partial charge in [0, 0.05) is 85.6 Å². The fourth-order valence-electron chi connectivity index (χ4n) is 8.48. The van der Waals surface area contributed by atoms with Crippen molar-refractivity contribution < 1.29 is 78.2 Å². The summed E-state index contributed by atoms with van der Waals surface area (Å²) in [5.74, 6) is -9.91. The molecule has 3 aromatic carbocycles. The fourth-order valence-corrected chi connectivity index (χ4v) is 9.04. The molecule has 74 heavy (non-hydrogen) atoms. The van der Waals surface area contributed by atoms with E-state index in [-0.39, 0.29) is 78.9 Å². The predicted octanol–water partition coefficient (Wildman–Crippen LogP) is 1.34. The summed E-state index contributed by atoms with van der Waals surface area (Å²) in [6, 6.07) is 9.87. The molecule has 5 rings (SSSR count). The van der Waals surface area contributed by atoms with Crippen LogP contribution in [-0.4, -0.2) is 133 Å². The van der Waals surface area contributed by atoms with Crippen molar-refractivity contribution in [2.45, 2.75) is 94.9 Å². The largest absolute Gasteiger partial charge is 0.508 e. The number of nitrogens with two attached hydrogens (primary N) is 2. The molecule has 12 N–H and O–H groups in total. The molecule has 1 spiro atoms. The molecule has 2 heterocycles. The molecular formula is C50H58N6O16S2. The quantitative estimate of drug-likeness (QED) is 0.0117. The van der Waals surface area contributed by atoms with Crippen LogP contribution < -0.4 is 32.2 Å². The van der Waals surface area contributed by atoms with Crippen LogP contribution >= 0.6 is 24.8 Å². The van der Waals surface area contributed by atoms with Crippen LogP contribution in [-0.2, 0) is 55.1 Å². The van der Waals surface area contributed by atoms with E-state index >= 15 is 0 Å². The number of carbonyl (C=O) groups is 9. The number of guanidine groups is 1. The molecule has 22 nitrogen and oxygen atoms in total. The third-order valence-corrected chi connectivity index (χ3v) is 13.1. The Morgan fingerprint density at radius 2 is 1.30 bits per heavy atom. The summed E-state index contributed by atoms with van der Waals surface area (Å²) in [5, 5.41) is 56.6. The molecule has 0 aromatic heterocycles. The summed E-state index contributed by atoms with van der Waals surface area (Å²) in [5.41, 5.74) is 11.7. The highest BCUT2D eigenvalue weighted by Gasteiger charge is 2.53. The molecule has 396 valence electrons. The maximum absolute atomic E-state index is 13.6. The van der Waals surface area contributed by atoms with Gasteiger partial charge in [-0.25, -0.2) is 4.79 Å². The number of thiocarbonyl (C=S) groups is 1. The average molecular weight is 1060 g/mol. The first-order valence-corrected chi connectivity index (χ1v) is 24.4. The molecule has 24 heteroatoms. The summed E-state index contributed by atoms with van der Waals surface area (Å²) in [6.07, 6.45) is -2.72. The maximum Gasteiger partial charge on any atom is 0.340 e. The number of carboxylic acids is 1. The van der Waals surface area contributed by atoms with E-state index in [9.17, 15) is 68.7 Å². The number of fused-ring (bicyclic) bond motifs is 6. The highest BCUT2D eigenvalue weighted by atomic mass is 32.1. The Morgan fingerprint density at radius 1 is 0.730 bits per heavy atom. The molecule has 0 fully saturated rings. The topological polar surface area (TPSA) is 374 Å². The van der Waals surface area contributed by atoms with Gasteiger partial charge in [-0.2, -0.15) is 12.6 Å². The number of carboxylic acid groups (broad SMARTS) is 1. The minimum Gasteiger partial charge on any atom is -0.508 e. The second-order valence-corrected chi connectivity index (χ2v) is 18.8. The van der Waals surface area contributed by atoms with Crippen LogP contribution in [0.5, 0.6) is 23.0 Å². The van der Waals surface area contributed by atoms with Crippen LogP contribution in [0.15, 0.2) is 59.6 Å². The minimum absolute atomic E-state index is 0.0483. The zero-order valence-corrected chi connectivity index (χ0v) is 41.9. The standard InChI is InChI=1S/C50H58N6O16S2/c1-25(59)27(22-57)17-41(64)38(24-73)56-47(69)28(23-58)18-40(63)37(21-46(67)68)55-45(66)13-11-39(62)36(3-2-14-53-49(51)52)54-44(65)12-7-31(74)15-26-4-8-33-32(16-26)48(70)72-50(33)34-9-5-29(60)19-42(34)71-43-20-30(61)6-10-35(43)50/h4-6,8-10,16,19-20,27-28,36-38,57-58,60-61,73H,2-3,7,11-15,17-18,21-24H2,1H3,(H,54,65)(H,55,66)(H,56,69)(H,67,68)(H4,51,52,53)/t27-,28-,36-,37-,38-/m0/s1. The second-order valence-electron chi connectivity index (χ2n) is 17.8. The van der Waals surface area contributed by atoms with Crippen LogP contribution in [0.2, 0.25) is 0 Å². The molecule has 0 unspecified atom stereocenters. The molecule has 2 aliphatic heterocycles.